The molecule has 0 spiro atoms. The Labute approximate surface area is 120 Å². The Hall–Kier alpha value is -1.17. The molecule has 0 aliphatic carbocycles. The maximum atomic E-state index is 12.7. The molecule has 0 saturated carbocycles. The Morgan fingerprint density at radius 1 is 1.30 bits per heavy atom. The highest BCUT2D eigenvalue weighted by Crippen LogP contribution is 2.11. The van der Waals surface area contributed by atoms with Crippen molar-refractivity contribution >= 4 is 0 Å². The van der Waals surface area contributed by atoms with Crippen molar-refractivity contribution in [3.05, 3.63) is 30.1 Å². The van der Waals surface area contributed by atoms with Crippen molar-refractivity contribution in [3.8, 4) is 5.75 Å². The highest BCUT2D eigenvalue weighted by atomic mass is 19.1. The smallest absolute Gasteiger partial charge is 0.123 e. The van der Waals surface area contributed by atoms with Gasteiger partial charge in [0.25, 0.3) is 0 Å². The molecular formula is C15H24FN3O. The number of hydrogen-bond donors (Lipinski definition) is 2. The second kappa shape index (κ2) is 7.57. The molecule has 2 unspecified atom stereocenters. The van der Waals surface area contributed by atoms with Crippen LogP contribution in [0, 0.1) is 5.82 Å². The highest BCUT2D eigenvalue weighted by Gasteiger charge is 2.20. The van der Waals surface area contributed by atoms with Crippen molar-refractivity contribution in [1.82, 2.24) is 15.8 Å². The molecule has 0 radical (unpaired) electrons. The second-order valence-electron chi connectivity index (χ2n) is 5.54. The predicted octanol–water partition coefficient (Wildman–Crippen LogP) is 1.78. The average molecular weight is 281 g/mol. The van der Waals surface area contributed by atoms with Gasteiger partial charge in [-0.1, -0.05) is 0 Å². The molecule has 1 aliphatic rings. The lowest BCUT2D eigenvalue weighted by Crippen LogP contribution is -2.39. The first-order chi connectivity index (χ1) is 9.63. The van der Waals surface area contributed by atoms with Crippen molar-refractivity contribution < 1.29 is 9.13 Å². The van der Waals surface area contributed by atoms with E-state index < -0.39 is 0 Å². The SMILES string of the molecule is CC1CC(CN(C)CCCOc2ccc(F)cc2)NN1. The molecule has 2 rings (SSSR count). The Morgan fingerprint density at radius 2 is 2.05 bits per heavy atom. The summed E-state index contributed by atoms with van der Waals surface area (Å²) < 4.78 is 18.3. The molecular weight excluding hydrogens is 257 g/mol. The summed E-state index contributed by atoms with van der Waals surface area (Å²) in [6, 6.07) is 7.23. The van der Waals surface area contributed by atoms with E-state index in [4.69, 9.17) is 4.74 Å². The summed E-state index contributed by atoms with van der Waals surface area (Å²) in [6.07, 6.45) is 2.12. The van der Waals surface area contributed by atoms with Crippen molar-refractivity contribution in [1.29, 1.82) is 0 Å². The molecule has 5 heteroatoms. The number of hydrazine groups is 1. The first-order valence-corrected chi connectivity index (χ1v) is 7.21. The minimum absolute atomic E-state index is 0.232. The topological polar surface area (TPSA) is 36.5 Å². The molecule has 1 heterocycles. The van der Waals surface area contributed by atoms with Crippen LogP contribution in [0.3, 0.4) is 0 Å². The molecule has 0 aromatic heterocycles. The van der Waals surface area contributed by atoms with Gasteiger partial charge in [0.1, 0.15) is 11.6 Å². The van der Waals surface area contributed by atoms with E-state index in [-0.39, 0.29) is 5.82 Å². The molecule has 0 amide bonds. The van der Waals surface area contributed by atoms with Crippen LogP contribution in [0.25, 0.3) is 0 Å². The average Bonchev–Trinajstić information content (AvgIpc) is 2.82. The van der Waals surface area contributed by atoms with Gasteiger partial charge in [-0.25, -0.2) is 4.39 Å². The van der Waals surface area contributed by atoms with Crippen LogP contribution >= 0.6 is 0 Å². The quantitative estimate of drug-likeness (QED) is 0.747. The largest absolute Gasteiger partial charge is 0.494 e. The minimum atomic E-state index is -0.232. The maximum absolute atomic E-state index is 12.7. The van der Waals surface area contributed by atoms with Gasteiger partial charge in [0.15, 0.2) is 0 Å². The van der Waals surface area contributed by atoms with E-state index in [1.165, 1.54) is 12.1 Å². The van der Waals surface area contributed by atoms with E-state index in [9.17, 15) is 4.39 Å². The fourth-order valence-corrected chi connectivity index (χ4v) is 2.45. The van der Waals surface area contributed by atoms with Crippen LogP contribution < -0.4 is 15.6 Å². The zero-order valence-electron chi connectivity index (χ0n) is 12.2. The lowest BCUT2D eigenvalue weighted by Gasteiger charge is -2.20. The van der Waals surface area contributed by atoms with Crippen molar-refractivity contribution in [3.63, 3.8) is 0 Å². The van der Waals surface area contributed by atoms with E-state index >= 15 is 0 Å². The van der Waals surface area contributed by atoms with E-state index in [2.05, 4.69) is 29.7 Å². The third-order valence-electron chi connectivity index (χ3n) is 3.47. The summed E-state index contributed by atoms with van der Waals surface area (Å²) in [5.74, 6) is 0.494. The van der Waals surface area contributed by atoms with E-state index in [1.807, 2.05) is 0 Å². The molecule has 1 aromatic rings. The number of ether oxygens (including phenoxy) is 1. The third kappa shape index (κ3) is 5.07. The number of hydrogen-bond acceptors (Lipinski definition) is 4. The predicted molar refractivity (Wildman–Crippen MR) is 78.1 cm³/mol. The summed E-state index contributed by atoms with van der Waals surface area (Å²) in [6.45, 7) is 4.87. The Morgan fingerprint density at radius 3 is 2.70 bits per heavy atom. The zero-order valence-corrected chi connectivity index (χ0v) is 12.2. The highest BCUT2D eigenvalue weighted by molar-refractivity contribution is 5.21. The third-order valence-corrected chi connectivity index (χ3v) is 3.47. The normalized spacial score (nSPS) is 22.4. The van der Waals surface area contributed by atoms with Gasteiger partial charge >= 0.3 is 0 Å². The first-order valence-electron chi connectivity index (χ1n) is 7.21. The van der Waals surface area contributed by atoms with E-state index in [1.54, 1.807) is 12.1 Å². The first kappa shape index (κ1) is 15.2. The van der Waals surface area contributed by atoms with Gasteiger partial charge in [0, 0.05) is 25.2 Å². The fraction of sp³-hybridized carbons (Fsp3) is 0.600. The number of halogens is 1. The Bertz CT molecular complexity index is 399. The van der Waals surface area contributed by atoms with Crippen LogP contribution in [-0.4, -0.2) is 43.7 Å². The van der Waals surface area contributed by atoms with Crippen LogP contribution in [0.15, 0.2) is 24.3 Å². The van der Waals surface area contributed by atoms with Crippen molar-refractivity contribution in [2.45, 2.75) is 31.8 Å². The number of nitrogens with one attached hydrogen (secondary N) is 2. The Kier molecular flexibility index (Phi) is 5.76. The number of nitrogens with zero attached hydrogens (tertiary/aromatic N) is 1. The van der Waals surface area contributed by atoms with Crippen LogP contribution in [0.4, 0.5) is 4.39 Å². The molecule has 1 saturated heterocycles. The number of rotatable bonds is 7. The van der Waals surface area contributed by atoms with Gasteiger partial charge < -0.3 is 9.64 Å². The summed E-state index contributed by atoms with van der Waals surface area (Å²) in [4.78, 5) is 2.31. The molecule has 1 aromatic carbocycles. The van der Waals surface area contributed by atoms with Crippen LogP contribution in [0.2, 0.25) is 0 Å². The molecule has 20 heavy (non-hydrogen) atoms. The van der Waals surface area contributed by atoms with Gasteiger partial charge in [-0.3, -0.25) is 10.9 Å². The van der Waals surface area contributed by atoms with Gasteiger partial charge in [0.05, 0.1) is 6.61 Å². The van der Waals surface area contributed by atoms with E-state index in [0.717, 1.165) is 31.7 Å². The summed E-state index contributed by atoms with van der Waals surface area (Å²) >= 11 is 0. The standard InChI is InChI=1S/C15H24FN3O/c1-12-10-14(18-17-12)11-19(2)8-3-9-20-15-6-4-13(16)5-7-15/h4-7,12,14,17-18H,3,8-11H2,1-2H3. The summed E-state index contributed by atoms with van der Waals surface area (Å²) in [5.41, 5.74) is 6.54. The monoisotopic (exact) mass is 281 g/mol. The molecule has 1 aliphatic heterocycles. The minimum Gasteiger partial charge on any atom is -0.494 e. The lowest BCUT2D eigenvalue weighted by atomic mass is 10.1. The maximum Gasteiger partial charge on any atom is 0.123 e. The molecule has 0 bridgehead atoms. The van der Waals surface area contributed by atoms with Gasteiger partial charge in [0.2, 0.25) is 0 Å². The fourth-order valence-electron chi connectivity index (χ4n) is 2.45. The molecule has 2 N–H and O–H groups in total. The van der Waals surface area contributed by atoms with Crippen LogP contribution in [-0.2, 0) is 0 Å². The summed E-state index contributed by atoms with van der Waals surface area (Å²) in [5, 5.41) is 0. The van der Waals surface area contributed by atoms with Crippen LogP contribution in [0.1, 0.15) is 19.8 Å². The van der Waals surface area contributed by atoms with Crippen molar-refractivity contribution in [2.24, 2.45) is 0 Å². The number of likely N-dealkylation sites (N-methyl/N-ethyl adjacent to an activating group) is 1. The van der Waals surface area contributed by atoms with E-state index in [0.29, 0.717) is 18.7 Å². The zero-order chi connectivity index (χ0) is 14.4. The Balaban J connectivity index is 1.57. The van der Waals surface area contributed by atoms with Gasteiger partial charge in [-0.2, -0.15) is 0 Å². The van der Waals surface area contributed by atoms with Gasteiger partial charge in [-0.05, 0) is 51.1 Å². The van der Waals surface area contributed by atoms with Gasteiger partial charge in [-0.15, -0.1) is 0 Å². The molecule has 112 valence electrons. The van der Waals surface area contributed by atoms with Crippen LogP contribution in [0.5, 0.6) is 5.75 Å². The molecule has 2 atom stereocenters. The second-order valence-corrected chi connectivity index (χ2v) is 5.54. The molecule has 4 nitrogen and oxygen atoms in total. The lowest BCUT2D eigenvalue weighted by molar-refractivity contribution is 0.249. The number of benzene rings is 1. The van der Waals surface area contributed by atoms with Crippen molar-refractivity contribution in [2.75, 3.05) is 26.7 Å². The summed E-state index contributed by atoms with van der Waals surface area (Å²) in [7, 11) is 2.13. The molecule has 1 fully saturated rings.